The van der Waals surface area contributed by atoms with Crippen molar-refractivity contribution in [3.63, 3.8) is 0 Å². The minimum atomic E-state index is 0.0685. The van der Waals surface area contributed by atoms with Crippen LogP contribution in [0.3, 0.4) is 0 Å². The smallest absolute Gasteiger partial charge is 0.120 e. The van der Waals surface area contributed by atoms with E-state index in [1.165, 1.54) is 11.1 Å². The minimum absolute atomic E-state index is 0.0685. The van der Waals surface area contributed by atoms with Crippen LogP contribution in [-0.2, 0) is 0 Å². The zero-order chi connectivity index (χ0) is 14.0. The van der Waals surface area contributed by atoms with Crippen LogP contribution >= 0.6 is 43.5 Å². The molecule has 0 heterocycles. The van der Waals surface area contributed by atoms with Crippen molar-refractivity contribution in [3.8, 4) is 5.75 Å². The summed E-state index contributed by atoms with van der Waals surface area (Å²) in [7, 11) is 1.63. The Hall–Kier alpha value is -0.510. The summed E-state index contributed by atoms with van der Waals surface area (Å²) in [4.78, 5) is 0.0685. The predicted molar refractivity (Wildman–Crippen MR) is 87.7 cm³/mol. The molecule has 0 bridgehead atoms. The van der Waals surface area contributed by atoms with Gasteiger partial charge in [-0.3, -0.25) is 0 Å². The van der Waals surface area contributed by atoms with Gasteiger partial charge in [-0.05, 0) is 47.9 Å². The van der Waals surface area contributed by atoms with E-state index in [4.69, 9.17) is 16.3 Å². The summed E-state index contributed by atoms with van der Waals surface area (Å²) in [5.74, 6) is 0.765. The number of halogens is 3. The van der Waals surface area contributed by atoms with Gasteiger partial charge < -0.3 is 4.74 Å². The van der Waals surface area contributed by atoms with Crippen LogP contribution in [0.15, 0.2) is 40.9 Å². The molecule has 2 aromatic rings. The molecule has 0 aliphatic heterocycles. The van der Waals surface area contributed by atoms with Gasteiger partial charge >= 0.3 is 0 Å². The lowest BCUT2D eigenvalue weighted by Gasteiger charge is -2.16. The van der Waals surface area contributed by atoms with Gasteiger partial charge in [-0.2, -0.15) is 0 Å². The number of methoxy groups -OCH3 is 1. The Morgan fingerprint density at radius 1 is 1.11 bits per heavy atom. The van der Waals surface area contributed by atoms with Crippen molar-refractivity contribution in [2.45, 2.75) is 11.8 Å². The van der Waals surface area contributed by atoms with Gasteiger partial charge in [0.2, 0.25) is 0 Å². The molecular formula is C15H13Br2ClO. The molecule has 0 radical (unpaired) electrons. The van der Waals surface area contributed by atoms with Crippen molar-refractivity contribution in [1.82, 2.24) is 0 Å². The maximum absolute atomic E-state index is 6.32. The zero-order valence-corrected chi connectivity index (χ0v) is 14.5. The van der Waals surface area contributed by atoms with Crippen molar-refractivity contribution in [2.24, 2.45) is 0 Å². The lowest BCUT2D eigenvalue weighted by atomic mass is 10.0. The fraction of sp³-hybridized carbons (Fsp3) is 0.200. The van der Waals surface area contributed by atoms with E-state index < -0.39 is 0 Å². The van der Waals surface area contributed by atoms with Gasteiger partial charge in [0.25, 0.3) is 0 Å². The van der Waals surface area contributed by atoms with Gasteiger partial charge in [0.05, 0.1) is 11.9 Å². The third-order valence-electron chi connectivity index (χ3n) is 2.99. The van der Waals surface area contributed by atoms with E-state index in [1.807, 2.05) is 24.3 Å². The van der Waals surface area contributed by atoms with Crippen LogP contribution in [0, 0.1) is 6.92 Å². The number of rotatable bonds is 3. The quantitative estimate of drug-likeness (QED) is 0.579. The Bertz CT molecular complexity index is 599. The molecule has 4 heteroatoms. The second-order valence-corrected chi connectivity index (χ2v) is 6.49. The summed E-state index contributed by atoms with van der Waals surface area (Å²) >= 11 is 13.5. The van der Waals surface area contributed by atoms with Crippen molar-refractivity contribution >= 4 is 43.5 Å². The third-order valence-corrected chi connectivity index (χ3v) is 4.79. The van der Waals surface area contributed by atoms with Crippen molar-refractivity contribution in [3.05, 3.63) is 62.6 Å². The molecule has 0 aliphatic rings. The Morgan fingerprint density at radius 2 is 1.79 bits per heavy atom. The standard InChI is InChI=1S/C15H13Br2ClO/c1-9-7-10(16)3-5-12(9)15(17)13-6-4-11(19-2)8-14(13)18/h3-8,15H,1-2H3. The van der Waals surface area contributed by atoms with Crippen LogP contribution in [0.2, 0.25) is 5.02 Å². The molecule has 0 N–H and O–H groups in total. The first-order chi connectivity index (χ1) is 9.02. The van der Waals surface area contributed by atoms with Crippen LogP contribution in [-0.4, -0.2) is 7.11 Å². The summed E-state index contributed by atoms with van der Waals surface area (Å²) < 4.78 is 6.25. The molecule has 0 fully saturated rings. The molecule has 0 amide bonds. The Labute approximate surface area is 135 Å². The second kappa shape index (κ2) is 6.29. The number of hydrogen-bond acceptors (Lipinski definition) is 1. The topological polar surface area (TPSA) is 9.23 Å². The highest BCUT2D eigenvalue weighted by atomic mass is 79.9. The molecule has 0 spiro atoms. The fourth-order valence-corrected chi connectivity index (χ4v) is 3.73. The molecule has 100 valence electrons. The summed E-state index contributed by atoms with van der Waals surface area (Å²) in [6.07, 6.45) is 0. The number of hydrogen-bond donors (Lipinski definition) is 0. The van der Waals surface area contributed by atoms with Gasteiger partial charge in [-0.15, -0.1) is 0 Å². The van der Waals surface area contributed by atoms with Gasteiger partial charge in [-0.25, -0.2) is 0 Å². The second-order valence-electron chi connectivity index (χ2n) is 4.25. The molecule has 0 saturated carbocycles. The average molecular weight is 405 g/mol. The normalized spacial score (nSPS) is 12.3. The molecule has 1 unspecified atom stereocenters. The van der Waals surface area contributed by atoms with E-state index in [1.54, 1.807) is 7.11 Å². The van der Waals surface area contributed by atoms with Gasteiger partial charge in [0.1, 0.15) is 5.75 Å². The number of aryl methyl sites for hydroxylation is 1. The third kappa shape index (κ3) is 3.33. The van der Waals surface area contributed by atoms with Crippen LogP contribution in [0.1, 0.15) is 21.5 Å². The first-order valence-electron chi connectivity index (χ1n) is 5.76. The Morgan fingerprint density at radius 3 is 2.37 bits per heavy atom. The Balaban J connectivity index is 2.41. The Kier molecular flexibility index (Phi) is 4.93. The molecule has 0 aromatic heterocycles. The summed E-state index contributed by atoms with van der Waals surface area (Å²) in [5, 5.41) is 0.698. The molecule has 0 saturated heterocycles. The molecule has 2 rings (SSSR count). The maximum atomic E-state index is 6.32. The average Bonchev–Trinajstić information content (AvgIpc) is 2.37. The van der Waals surface area contributed by atoms with Gasteiger partial charge in [-0.1, -0.05) is 55.6 Å². The largest absolute Gasteiger partial charge is 0.497 e. The van der Waals surface area contributed by atoms with Gasteiger partial charge in [0.15, 0.2) is 0 Å². The zero-order valence-electron chi connectivity index (χ0n) is 10.6. The fourth-order valence-electron chi connectivity index (χ4n) is 1.93. The van der Waals surface area contributed by atoms with E-state index in [0.29, 0.717) is 5.02 Å². The molecule has 19 heavy (non-hydrogen) atoms. The monoisotopic (exact) mass is 402 g/mol. The summed E-state index contributed by atoms with van der Waals surface area (Å²) in [6, 6.07) is 12.0. The number of ether oxygens (including phenoxy) is 1. The number of benzene rings is 2. The predicted octanol–water partition coefficient (Wildman–Crippen LogP) is 5.90. The van der Waals surface area contributed by atoms with Crippen molar-refractivity contribution in [1.29, 1.82) is 0 Å². The van der Waals surface area contributed by atoms with E-state index >= 15 is 0 Å². The van der Waals surface area contributed by atoms with Crippen LogP contribution in [0.5, 0.6) is 5.75 Å². The lowest BCUT2D eigenvalue weighted by molar-refractivity contribution is 0.414. The highest BCUT2D eigenvalue weighted by Crippen LogP contribution is 2.38. The van der Waals surface area contributed by atoms with E-state index in [2.05, 4.69) is 50.9 Å². The van der Waals surface area contributed by atoms with Crippen LogP contribution < -0.4 is 4.74 Å². The van der Waals surface area contributed by atoms with Crippen LogP contribution in [0.4, 0.5) is 0 Å². The SMILES string of the molecule is COc1ccc(C(Br)c2ccc(Br)cc2C)c(Cl)c1. The van der Waals surface area contributed by atoms with E-state index in [-0.39, 0.29) is 4.83 Å². The highest BCUT2D eigenvalue weighted by Gasteiger charge is 2.16. The van der Waals surface area contributed by atoms with Crippen molar-refractivity contribution in [2.75, 3.05) is 7.11 Å². The maximum Gasteiger partial charge on any atom is 0.120 e. The molecule has 1 nitrogen and oxygen atoms in total. The highest BCUT2D eigenvalue weighted by molar-refractivity contribution is 9.10. The number of alkyl halides is 1. The van der Waals surface area contributed by atoms with Crippen molar-refractivity contribution < 1.29 is 4.74 Å². The molecule has 1 atom stereocenters. The first kappa shape index (κ1) is 14.9. The van der Waals surface area contributed by atoms with E-state index in [9.17, 15) is 0 Å². The van der Waals surface area contributed by atoms with Gasteiger partial charge in [0, 0.05) is 9.50 Å². The first-order valence-corrected chi connectivity index (χ1v) is 7.85. The lowest BCUT2D eigenvalue weighted by Crippen LogP contribution is -1.97. The summed E-state index contributed by atoms with van der Waals surface area (Å²) in [6.45, 7) is 2.09. The summed E-state index contributed by atoms with van der Waals surface area (Å²) in [5.41, 5.74) is 3.45. The molecular weight excluding hydrogens is 391 g/mol. The minimum Gasteiger partial charge on any atom is -0.497 e. The molecule has 0 aliphatic carbocycles. The van der Waals surface area contributed by atoms with Crippen LogP contribution in [0.25, 0.3) is 0 Å². The van der Waals surface area contributed by atoms with E-state index in [0.717, 1.165) is 15.8 Å². The molecule has 2 aromatic carbocycles.